The van der Waals surface area contributed by atoms with E-state index >= 15 is 0 Å². The molecule has 2 amide bonds. The predicted molar refractivity (Wildman–Crippen MR) is 83.8 cm³/mol. The van der Waals surface area contributed by atoms with E-state index in [9.17, 15) is 9.59 Å². The van der Waals surface area contributed by atoms with Gasteiger partial charge >= 0.3 is 0 Å². The van der Waals surface area contributed by atoms with Crippen LogP contribution in [0.2, 0.25) is 0 Å². The first kappa shape index (κ1) is 16.3. The van der Waals surface area contributed by atoms with Gasteiger partial charge in [-0.15, -0.1) is 0 Å². The van der Waals surface area contributed by atoms with E-state index in [0.29, 0.717) is 18.9 Å². The molecule has 0 bridgehead atoms. The first-order valence-electron chi connectivity index (χ1n) is 8.19. The van der Waals surface area contributed by atoms with Crippen LogP contribution in [0.3, 0.4) is 0 Å². The minimum Gasteiger partial charge on any atom is -0.340 e. The largest absolute Gasteiger partial charge is 0.340 e. The van der Waals surface area contributed by atoms with Crippen LogP contribution in [0.1, 0.15) is 67.2 Å². The molecule has 1 N–H and O–H groups in total. The van der Waals surface area contributed by atoms with Crippen molar-refractivity contribution < 1.29 is 9.59 Å². The van der Waals surface area contributed by atoms with Crippen molar-refractivity contribution in [2.75, 3.05) is 6.54 Å². The molecule has 1 aliphatic heterocycles. The Morgan fingerprint density at radius 3 is 2.24 bits per heavy atom. The maximum Gasteiger partial charge on any atom is 0.248 e. The standard InChI is InChI=1S/C17H30N2O2/c1-7-16(5)14(21)19(11-10-15(2,3)4)17(6,12-8-9-12)13(20)18-16/h12H,7-11H2,1-6H3,(H,18,20). The Morgan fingerprint density at radius 2 is 1.81 bits per heavy atom. The first-order chi connectivity index (χ1) is 9.54. The number of nitrogens with one attached hydrogen (secondary N) is 1. The van der Waals surface area contributed by atoms with Crippen molar-refractivity contribution in [3.8, 4) is 0 Å². The predicted octanol–water partition coefficient (Wildman–Crippen LogP) is 2.72. The number of carbonyl (C=O) groups excluding carboxylic acids is 2. The molecule has 4 nitrogen and oxygen atoms in total. The van der Waals surface area contributed by atoms with E-state index in [1.54, 1.807) is 0 Å². The number of rotatable bonds is 4. The summed E-state index contributed by atoms with van der Waals surface area (Å²) >= 11 is 0. The third-order valence-electron chi connectivity index (χ3n) is 5.29. The lowest BCUT2D eigenvalue weighted by Gasteiger charge is -2.51. The maximum absolute atomic E-state index is 13.0. The van der Waals surface area contributed by atoms with Gasteiger partial charge in [-0.2, -0.15) is 0 Å². The van der Waals surface area contributed by atoms with Crippen molar-refractivity contribution in [3.05, 3.63) is 0 Å². The summed E-state index contributed by atoms with van der Waals surface area (Å²) in [4.78, 5) is 27.6. The summed E-state index contributed by atoms with van der Waals surface area (Å²) < 4.78 is 0. The zero-order valence-electron chi connectivity index (χ0n) is 14.4. The van der Waals surface area contributed by atoms with Crippen molar-refractivity contribution in [2.45, 2.75) is 78.3 Å². The fourth-order valence-corrected chi connectivity index (χ4v) is 3.13. The molecule has 0 spiro atoms. The molecular weight excluding hydrogens is 264 g/mol. The SMILES string of the molecule is CCC1(C)NC(=O)C(C)(C2CC2)N(CCC(C)(C)C)C1=O. The van der Waals surface area contributed by atoms with Crippen molar-refractivity contribution in [1.29, 1.82) is 0 Å². The molecule has 1 aliphatic carbocycles. The number of hydrogen-bond donors (Lipinski definition) is 1. The lowest BCUT2D eigenvalue weighted by atomic mass is 9.81. The second-order valence-corrected chi connectivity index (χ2v) is 8.33. The van der Waals surface area contributed by atoms with Gasteiger partial charge in [-0.25, -0.2) is 0 Å². The molecule has 1 heterocycles. The fourth-order valence-electron chi connectivity index (χ4n) is 3.13. The van der Waals surface area contributed by atoms with Gasteiger partial charge in [-0.1, -0.05) is 27.7 Å². The summed E-state index contributed by atoms with van der Waals surface area (Å²) in [5, 5.41) is 3.00. The molecule has 2 unspecified atom stereocenters. The summed E-state index contributed by atoms with van der Waals surface area (Å²) in [6, 6.07) is 0. The summed E-state index contributed by atoms with van der Waals surface area (Å²) in [5.74, 6) is 0.439. The van der Waals surface area contributed by atoms with E-state index in [-0.39, 0.29) is 17.2 Å². The van der Waals surface area contributed by atoms with Crippen LogP contribution in [-0.2, 0) is 9.59 Å². The zero-order valence-corrected chi connectivity index (χ0v) is 14.4. The summed E-state index contributed by atoms with van der Waals surface area (Å²) in [5.41, 5.74) is -1.25. The monoisotopic (exact) mass is 294 g/mol. The minimum atomic E-state index is -0.747. The van der Waals surface area contributed by atoms with Crippen LogP contribution in [-0.4, -0.2) is 34.3 Å². The van der Waals surface area contributed by atoms with Crippen LogP contribution < -0.4 is 5.32 Å². The Morgan fingerprint density at radius 1 is 1.24 bits per heavy atom. The van der Waals surface area contributed by atoms with E-state index in [4.69, 9.17) is 0 Å². The van der Waals surface area contributed by atoms with Gasteiger partial charge in [0, 0.05) is 6.54 Å². The highest BCUT2D eigenvalue weighted by molar-refractivity contribution is 6.02. The molecule has 0 radical (unpaired) electrons. The van der Waals surface area contributed by atoms with Crippen LogP contribution in [0.5, 0.6) is 0 Å². The molecule has 2 atom stereocenters. The van der Waals surface area contributed by atoms with Gasteiger partial charge in [0.1, 0.15) is 11.1 Å². The van der Waals surface area contributed by atoms with Crippen molar-refractivity contribution in [2.24, 2.45) is 11.3 Å². The lowest BCUT2D eigenvalue weighted by Crippen LogP contribution is -2.74. The van der Waals surface area contributed by atoms with Crippen molar-refractivity contribution in [3.63, 3.8) is 0 Å². The minimum absolute atomic E-state index is 0.0304. The third kappa shape index (κ3) is 2.82. The smallest absolute Gasteiger partial charge is 0.248 e. The van der Waals surface area contributed by atoms with Crippen molar-refractivity contribution >= 4 is 11.8 Å². The average molecular weight is 294 g/mol. The Hall–Kier alpha value is -1.06. The molecule has 21 heavy (non-hydrogen) atoms. The van der Waals surface area contributed by atoms with Gasteiger partial charge in [0.25, 0.3) is 0 Å². The number of nitrogens with zero attached hydrogens (tertiary/aromatic N) is 1. The number of piperazine rings is 1. The summed E-state index contributed by atoms with van der Waals surface area (Å²) in [6.07, 6.45) is 3.64. The van der Waals surface area contributed by atoms with Crippen LogP contribution >= 0.6 is 0 Å². The fraction of sp³-hybridized carbons (Fsp3) is 0.882. The topological polar surface area (TPSA) is 49.4 Å². The molecule has 1 saturated heterocycles. The van der Waals surface area contributed by atoms with E-state index in [1.165, 1.54) is 0 Å². The van der Waals surface area contributed by atoms with Gasteiger partial charge in [0.05, 0.1) is 0 Å². The Balaban J connectivity index is 2.31. The second kappa shape index (κ2) is 4.99. The van der Waals surface area contributed by atoms with E-state index in [1.807, 2.05) is 25.7 Å². The van der Waals surface area contributed by atoms with E-state index in [2.05, 4.69) is 26.1 Å². The first-order valence-corrected chi connectivity index (χ1v) is 8.19. The number of carbonyl (C=O) groups is 2. The second-order valence-electron chi connectivity index (χ2n) is 8.33. The number of hydrogen-bond acceptors (Lipinski definition) is 2. The highest BCUT2D eigenvalue weighted by Gasteiger charge is 2.59. The molecule has 120 valence electrons. The molecular formula is C17H30N2O2. The lowest BCUT2D eigenvalue weighted by molar-refractivity contribution is -0.163. The summed E-state index contributed by atoms with van der Waals surface area (Å²) in [6.45, 7) is 13.0. The molecule has 2 fully saturated rings. The quantitative estimate of drug-likeness (QED) is 0.866. The normalized spacial score (nSPS) is 34.1. The Labute approximate surface area is 128 Å². The van der Waals surface area contributed by atoms with Gasteiger partial charge in [0.2, 0.25) is 11.8 Å². The molecule has 1 saturated carbocycles. The van der Waals surface area contributed by atoms with Gasteiger partial charge in [0.15, 0.2) is 0 Å². The maximum atomic E-state index is 13.0. The molecule has 0 aromatic heterocycles. The highest BCUT2D eigenvalue weighted by Crippen LogP contribution is 2.46. The van der Waals surface area contributed by atoms with Gasteiger partial charge in [-0.05, 0) is 50.9 Å². The summed E-state index contributed by atoms with van der Waals surface area (Å²) in [7, 11) is 0. The Bertz CT molecular complexity index is 450. The zero-order chi connectivity index (χ0) is 16.1. The van der Waals surface area contributed by atoms with Crippen LogP contribution in [0, 0.1) is 11.3 Å². The van der Waals surface area contributed by atoms with Crippen molar-refractivity contribution in [1.82, 2.24) is 10.2 Å². The molecule has 4 heteroatoms. The van der Waals surface area contributed by atoms with E-state index in [0.717, 1.165) is 19.3 Å². The number of amides is 2. The highest BCUT2D eigenvalue weighted by atomic mass is 16.2. The van der Waals surface area contributed by atoms with Gasteiger partial charge in [-0.3, -0.25) is 9.59 Å². The molecule has 0 aromatic carbocycles. The third-order valence-corrected chi connectivity index (χ3v) is 5.29. The van der Waals surface area contributed by atoms with Crippen LogP contribution in [0.4, 0.5) is 0 Å². The molecule has 2 aliphatic rings. The van der Waals surface area contributed by atoms with Crippen LogP contribution in [0.25, 0.3) is 0 Å². The van der Waals surface area contributed by atoms with Crippen LogP contribution in [0.15, 0.2) is 0 Å². The average Bonchev–Trinajstić information content (AvgIpc) is 3.19. The van der Waals surface area contributed by atoms with Gasteiger partial charge < -0.3 is 10.2 Å². The molecule has 0 aromatic rings. The Kier molecular flexibility index (Phi) is 3.88. The van der Waals surface area contributed by atoms with E-state index < -0.39 is 11.1 Å². The molecule has 2 rings (SSSR count).